The molecule has 0 spiro atoms. The molecule has 0 unspecified atom stereocenters. The summed E-state index contributed by atoms with van der Waals surface area (Å²) in [5, 5.41) is 6.14. The van der Waals surface area contributed by atoms with E-state index < -0.39 is 11.3 Å². The van der Waals surface area contributed by atoms with E-state index in [1.165, 1.54) is 0 Å². The number of halogens is 1. The van der Waals surface area contributed by atoms with Crippen LogP contribution in [0.15, 0.2) is 42.5 Å². The summed E-state index contributed by atoms with van der Waals surface area (Å²) in [6.45, 7) is 5.25. The Balaban J connectivity index is 2.06. The number of methoxy groups -OCH3 is 1. The molecule has 2 N–H and O–H groups in total. The molecule has 0 radical (unpaired) electrons. The van der Waals surface area contributed by atoms with E-state index in [0.717, 1.165) is 11.1 Å². The van der Waals surface area contributed by atoms with Crippen LogP contribution in [0.4, 0.5) is 5.69 Å². The van der Waals surface area contributed by atoms with Crippen molar-refractivity contribution in [1.29, 1.82) is 0 Å². The molecule has 0 saturated heterocycles. The van der Waals surface area contributed by atoms with Gasteiger partial charge in [-0.3, -0.25) is 9.59 Å². The minimum atomic E-state index is -1.25. The number of hydrogen-bond donors (Lipinski definition) is 2. The van der Waals surface area contributed by atoms with Gasteiger partial charge in [0.05, 0.1) is 7.11 Å². The third-order valence-corrected chi connectivity index (χ3v) is 4.69. The molecule has 0 bridgehead atoms. The van der Waals surface area contributed by atoms with Gasteiger partial charge in [0.15, 0.2) is 0 Å². The number of ether oxygens (including phenoxy) is 1. The van der Waals surface area contributed by atoms with Crippen molar-refractivity contribution in [2.24, 2.45) is 5.41 Å². The Labute approximate surface area is 158 Å². The number of anilines is 1. The third kappa shape index (κ3) is 4.35. The summed E-state index contributed by atoms with van der Waals surface area (Å²) in [6, 6.07) is 12.7. The maximum atomic E-state index is 12.6. The monoisotopic (exact) mass is 374 g/mol. The van der Waals surface area contributed by atoms with E-state index in [0.29, 0.717) is 16.5 Å². The number of nitrogens with one attached hydrogen (secondary N) is 2. The third-order valence-electron chi connectivity index (χ3n) is 4.28. The molecule has 2 aromatic rings. The Morgan fingerprint density at radius 2 is 1.77 bits per heavy atom. The van der Waals surface area contributed by atoms with Crippen LogP contribution in [0.2, 0.25) is 5.02 Å². The second kappa shape index (κ2) is 8.23. The van der Waals surface area contributed by atoms with Crippen LogP contribution in [0.5, 0.6) is 5.75 Å². The van der Waals surface area contributed by atoms with Gasteiger partial charge in [-0.2, -0.15) is 0 Å². The quantitative estimate of drug-likeness (QED) is 0.752. The van der Waals surface area contributed by atoms with E-state index in [1.807, 2.05) is 31.2 Å². The topological polar surface area (TPSA) is 67.4 Å². The molecular formula is C20H23ClN2O3. The van der Waals surface area contributed by atoms with Gasteiger partial charge in [0.2, 0.25) is 11.8 Å². The normalized spacial score (nSPS) is 11.0. The van der Waals surface area contributed by atoms with Gasteiger partial charge in [0.25, 0.3) is 0 Å². The van der Waals surface area contributed by atoms with Gasteiger partial charge in [-0.05, 0) is 44.5 Å². The number of rotatable bonds is 6. The first-order valence-corrected chi connectivity index (χ1v) is 8.62. The van der Waals surface area contributed by atoms with Gasteiger partial charge in [-0.1, -0.05) is 35.9 Å². The molecule has 138 valence electrons. The molecule has 0 aromatic heterocycles. The molecule has 0 heterocycles. The largest absolute Gasteiger partial charge is 0.496 e. The van der Waals surface area contributed by atoms with Crippen LogP contribution < -0.4 is 15.4 Å². The van der Waals surface area contributed by atoms with Gasteiger partial charge >= 0.3 is 0 Å². The fraction of sp³-hybridized carbons (Fsp3) is 0.300. The van der Waals surface area contributed by atoms with Crippen LogP contribution >= 0.6 is 11.6 Å². The maximum absolute atomic E-state index is 12.6. The molecule has 0 aliphatic carbocycles. The summed E-state index contributed by atoms with van der Waals surface area (Å²) >= 11 is 6.08. The number of carbonyl (C=O) groups excluding carboxylic acids is 2. The molecule has 2 rings (SSSR count). The Hall–Kier alpha value is -2.53. The standard InChI is InChI=1S/C20H23ClN2O3/c1-13-15(21)9-7-10-16(13)23-19(25)20(2,3)18(24)22-12-14-8-5-6-11-17(14)26-4/h5-11H,12H2,1-4H3,(H,22,24)(H,23,25). The highest BCUT2D eigenvalue weighted by Crippen LogP contribution is 2.26. The van der Waals surface area contributed by atoms with Crippen molar-refractivity contribution < 1.29 is 14.3 Å². The van der Waals surface area contributed by atoms with Crippen LogP contribution in [-0.2, 0) is 16.1 Å². The van der Waals surface area contributed by atoms with Crippen LogP contribution in [-0.4, -0.2) is 18.9 Å². The van der Waals surface area contributed by atoms with Crippen molar-refractivity contribution in [2.75, 3.05) is 12.4 Å². The molecule has 0 aliphatic heterocycles. The molecule has 0 saturated carbocycles. The molecular weight excluding hydrogens is 352 g/mol. The summed E-state index contributed by atoms with van der Waals surface area (Å²) in [5.41, 5.74) is 0.933. The Morgan fingerprint density at radius 3 is 2.46 bits per heavy atom. The van der Waals surface area contributed by atoms with Crippen molar-refractivity contribution in [3.63, 3.8) is 0 Å². The second-order valence-electron chi connectivity index (χ2n) is 6.49. The lowest BCUT2D eigenvalue weighted by Crippen LogP contribution is -2.45. The molecule has 2 aromatic carbocycles. The van der Waals surface area contributed by atoms with Crippen LogP contribution in [0.3, 0.4) is 0 Å². The zero-order valence-corrected chi connectivity index (χ0v) is 16.1. The number of amides is 2. The van der Waals surface area contributed by atoms with Crippen molar-refractivity contribution in [3.8, 4) is 5.75 Å². The van der Waals surface area contributed by atoms with E-state index in [-0.39, 0.29) is 12.5 Å². The predicted octanol–water partition coefficient (Wildman–Crippen LogP) is 3.94. The molecule has 0 aliphatic rings. The molecule has 0 fully saturated rings. The summed E-state index contributed by atoms with van der Waals surface area (Å²) in [7, 11) is 1.57. The lowest BCUT2D eigenvalue weighted by Gasteiger charge is -2.23. The van der Waals surface area contributed by atoms with Crippen molar-refractivity contribution in [1.82, 2.24) is 5.32 Å². The van der Waals surface area contributed by atoms with Gasteiger partial charge in [-0.25, -0.2) is 0 Å². The fourth-order valence-corrected chi connectivity index (χ4v) is 2.54. The highest BCUT2D eigenvalue weighted by atomic mass is 35.5. The number of hydrogen-bond acceptors (Lipinski definition) is 3. The highest BCUT2D eigenvalue weighted by Gasteiger charge is 2.36. The molecule has 2 amide bonds. The van der Waals surface area contributed by atoms with Crippen molar-refractivity contribution >= 4 is 29.1 Å². The van der Waals surface area contributed by atoms with Crippen LogP contribution in [0.25, 0.3) is 0 Å². The molecule has 0 atom stereocenters. The Kier molecular flexibility index (Phi) is 6.27. The summed E-state index contributed by atoms with van der Waals surface area (Å²) in [6.07, 6.45) is 0. The van der Waals surface area contributed by atoms with Crippen molar-refractivity contribution in [3.05, 3.63) is 58.6 Å². The van der Waals surface area contributed by atoms with E-state index >= 15 is 0 Å². The fourth-order valence-electron chi connectivity index (χ4n) is 2.37. The predicted molar refractivity (Wildman–Crippen MR) is 103 cm³/mol. The van der Waals surface area contributed by atoms with Crippen LogP contribution in [0, 0.1) is 12.3 Å². The van der Waals surface area contributed by atoms with E-state index in [1.54, 1.807) is 39.2 Å². The van der Waals surface area contributed by atoms with E-state index in [9.17, 15) is 9.59 Å². The van der Waals surface area contributed by atoms with Crippen LogP contribution in [0.1, 0.15) is 25.0 Å². The first-order chi connectivity index (χ1) is 12.3. The van der Waals surface area contributed by atoms with Gasteiger partial charge in [0.1, 0.15) is 11.2 Å². The molecule has 6 heteroatoms. The number of para-hydroxylation sites is 1. The number of carbonyl (C=O) groups is 2. The van der Waals surface area contributed by atoms with E-state index in [2.05, 4.69) is 10.6 Å². The van der Waals surface area contributed by atoms with E-state index in [4.69, 9.17) is 16.3 Å². The Bertz CT molecular complexity index is 818. The average molecular weight is 375 g/mol. The number of benzene rings is 2. The Morgan fingerprint density at radius 1 is 1.08 bits per heavy atom. The van der Waals surface area contributed by atoms with Gasteiger partial charge in [-0.15, -0.1) is 0 Å². The summed E-state index contributed by atoms with van der Waals surface area (Å²) in [5.74, 6) is -0.0920. The van der Waals surface area contributed by atoms with Gasteiger partial charge in [0, 0.05) is 22.8 Å². The van der Waals surface area contributed by atoms with Crippen molar-refractivity contribution in [2.45, 2.75) is 27.3 Å². The summed E-state index contributed by atoms with van der Waals surface area (Å²) in [4.78, 5) is 25.2. The first-order valence-electron chi connectivity index (χ1n) is 8.24. The average Bonchev–Trinajstić information content (AvgIpc) is 2.63. The first kappa shape index (κ1) is 19.8. The minimum absolute atomic E-state index is 0.274. The SMILES string of the molecule is COc1ccccc1CNC(=O)C(C)(C)C(=O)Nc1cccc(Cl)c1C. The smallest absolute Gasteiger partial charge is 0.239 e. The molecule has 26 heavy (non-hydrogen) atoms. The second-order valence-corrected chi connectivity index (χ2v) is 6.89. The zero-order valence-electron chi connectivity index (χ0n) is 15.4. The lowest BCUT2D eigenvalue weighted by molar-refractivity contribution is -0.138. The minimum Gasteiger partial charge on any atom is -0.496 e. The summed E-state index contributed by atoms with van der Waals surface area (Å²) < 4.78 is 5.27. The van der Waals surface area contributed by atoms with Gasteiger partial charge < -0.3 is 15.4 Å². The molecule has 5 nitrogen and oxygen atoms in total. The highest BCUT2D eigenvalue weighted by molar-refractivity contribution is 6.31. The zero-order chi connectivity index (χ0) is 19.3. The maximum Gasteiger partial charge on any atom is 0.239 e. The lowest BCUT2D eigenvalue weighted by atomic mass is 9.90.